The smallest absolute Gasteiger partial charge is 0.430 e. The first kappa shape index (κ1) is 25.2. The first-order valence-electron chi connectivity index (χ1n) is 10.2. The van der Waals surface area contributed by atoms with E-state index in [1.54, 1.807) is 19.2 Å². The number of pyridine rings is 1. The molecule has 2 aromatic carbocycles. The highest BCUT2D eigenvalue weighted by Crippen LogP contribution is 2.38. The van der Waals surface area contributed by atoms with Crippen molar-refractivity contribution in [3.63, 3.8) is 0 Å². The van der Waals surface area contributed by atoms with Crippen LogP contribution in [0.25, 0.3) is 10.9 Å². The van der Waals surface area contributed by atoms with Gasteiger partial charge in [0.15, 0.2) is 0 Å². The van der Waals surface area contributed by atoms with E-state index < -0.39 is 21.9 Å². The summed E-state index contributed by atoms with van der Waals surface area (Å²) in [5.74, 6) is 1.27. The third-order valence-corrected chi connectivity index (χ3v) is 6.37. The quantitative estimate of drug-likeness (QED) is 0.536. The van der Waals surface area contributed by atoms with E-state index in [1.807, 2.05) is 35.6 Å². The van der Waals surface area contributed by atoms with Gasteiger partial charge in [-0.15, -0.1) is 0 Å². The van der Waals surface area contributed by atoms with Crippen LogP contribution < -0.4 is 19.5 Å². The molecule has 34 heavy (non-hydrogen) atoms. The van der Waals surface area contributed by atoms with Crippen molar-refractivity contribution in [3.05, 3.63) is 66.4 Å². The van der Waals surface area contributed by atoms with E-state index in [0.717, 1.165) is 29.3 Å². The normalized spacial score (nSPS) is 13.1. The Morgan fingerprint density at radius 3 is 2.53 bits per heavy atom. The Morgan fingerprint density at radius 1 is 1.15 bits per heavy atom. The summed E-state index contributed by atoms with van der Waals surface area (Å²) in [7, 11) is -1.10. The van der Waals surface area contributed by atoms with Crippen molar-refractivity contribution in [2.75, 3.05) is 25.5 Å². The molecule has 2 heterocycles. The summed E-state index contributed by atoms with van der Waals surface area (Å²) < 4.78 is 73.3. The van der Waals surface area contributed by atoms with E-state index in [-0.39, 0.29) is 10.7 Å². The first-order valence-corrected chi connectivity index (χ1v) is 11.7. The number of rotatable bonds is 5. The van der Waals surface area contributed by atoms with Crippen molar-refractivity contribution in [3.8, 4) is 11.5 Å². The van der Waals surface area contributed by atoms with Gasteiger partial charge in [0.05, 0.1) is 19.2 Å². The van der Waals surface area contributed by atoms with Crippen LogP contribution in [-0.2, 0) is 16.4 Å². The molecule has 0 saturated heterocycles. The maximum absolute atomic E-state index is 12.9. The molecule has 0 aliphatic carbocycles. The topological polar surface area (TPSA) is 89.5 Å². The summed E-state index contributed by atoms with van der Waals surface area (Å²) in [5.41, 5.74) is 0.589. The number of methoxy groups -OCH3 is 1. The minimum absolute atomic E-state index is 0.1000. The molecule has 182 valence electrons. The lowest BCUT2D eigenvalue weighted by Gasteiger charge is -2.22. The number of hydrogen-bond acceptors (Lipinski definition) is 6. The van der Waals surface area contributed by atoms with Crippen LogP contribution in [0, 0.1) is 0 Å². The maximum atomic E-state index is 12.9. The van der Waals surface area contributed by atoms with Gasteiger partial charge >= 0.3 is 6.18 Å². The van der Waals surface area contributed by atoms with Gasteiger partial charge in [0, 0.05) is 18.0 Å². The van der Waals surface area contributed by atoms with Crippen LogP contribution in [0.2, 0.25) is 0 Å². The Hall–Kier alpha value is -3.47. The standard InChI is InChI=1S/C19H18N2O4S.C4H6F3N/c1-24-16-9-10-17(19-14(16)6-4-12-25-19)26(22,23)21-18-11-8-13-5-2-3-7-15(13)20-18;1-3(8-2)4(5,6)7/h2-3,5,7-11H,4,6,12H2,1H3,(H,20,21);8H,1H2,2H3. The van der Waals surface area contributed by atoms with Crippen molar-refractivity contribution < 1.29 is 31.1 Å². The Balaban J connectivity index is 0.000000350. The summed E-state index contributed by atoms with van der Waals surface area (Å²) in [6, 6.07) is 14.2. The van der Waals surface area contributed by atoms with Gasteiger partial charge in [-0.05, 0) is 43.2 Å². The SMILES string of the molecule is C=C(NC)C(F)(F)F.COc1ccc(S(=O)(=O)Nc2ccc3ccccc3n2)c2c1CCCO2. The highest BCUT2D eigenvalue weighted by molar-refractivity contribution is 7.92. The van der Waals surface area contributed by atoms with Gasteiger partial charge < -0.3 is 14.8 Å². The van der Waals surface area contributed by atoms with Crippen molar-refractivity contribution in [2.45, 2.75) is 23.9 Å². The molecule has 1 aliphatic rings. The molecule has 0 unspecified atom stereocenters. The number of benzene rings is 2. The lowest BCUT2D eigenvalue weighted by molar-refractivity contribution is -0.0955. The third-order valence-electron chi connectivity index (χ3n) is 4.99. The van der Waals surface area contributed by atoms with Crippen LogP contribution in [0.15, 0.2) is 65.7 Å². The van der Waals surface area contributed by atoms with Gasteiger partial charge in [0.2, 0.25) is 0 Å². The average Bonchev–Trinajstić information content (AvgIpc) is 2.82. The fourth-order valence-electron chi connectivity index (χ4n) is 3.27. The fraction of sp³-hybridized carbons (Fsp3) is 0.261. The number of allylic oxidation sites excluding steroid dienone is 1. The van der Waals surface area contributed by atoms with Gasteiger partial charge in [-0.1, -0.05) is 24.8 Å². The Labute approximate surface area is 195 Å². The van der Waals surface area contributed by atoms with E-state index in [4.69, 9.17) is 9.47 Å². The third kappa shape index (κ3) is 5.71. The van der Waals surface area contributed by atoms with Gasteiger partial charge in [-0.2, -0.15) is 13.2 Å². The molecule has 11 heteroatoms. The predicted molar refractivity (Wildman–Crippen MR) is 124 cm³/mol. The van der Waals surface area contributed by atoms with Crippen molar-refractivity contribution in [1.82, 2.24) is 10.3 Å². The number of aromatic nitrogens is 1. The lowest BCUT2D eigenvalue weighted by atomic mass is 10.1. The number of sulfonamides is 1. The minimum atomic E-state index is -4.30. The molecule has 1 aromatic heterocycles. The summed E-state index contributed by atoms with van der Waals surface area (Å²) in [5, 5.41) is 2.83. The molecule has 0 fully saturated rings. The molecular formula is C23H24F3N3O4S. The summed E-state index contributed by atoms with van der Waals surface area (Å²) >= 11 is 0. The van der Waals surface area contributed by atoms with Crippen LogP contribution in [0.5, 0.6) is 11.5 Å². The van der Waals surface area contributed by atoms with Gasteiger partial charge in [0.25, 0.3) is 10.0 Å². The number of hydrogen-bond donors (Lipinski definition) is 2. The first-order chi connectivity index (χ1) is 16.1. The summed E-state index contributed by atoms with van der Waals surface area (Å²) in [6.07, 6.45) is -2.75. The second-order valence-electron chi connectivity index (χ2n) is 7.25. The number of para-hydroxylation sites is 1. The van der Waals surface area contributed by atoms with E-state index in [2.05, 4.69) is 16.3 Å². The summed E-state index contributed by atoms with van der Waals surface area (Å²) in [4.78, 5) is 4.48. The molecule has 0 saturated carbocycles. The van der Waals surface area contributed by atoms with E-state index >= 15 is 0 Å². The predicted octanol–water partition coefficient (Wildman–Crippen LogP) is 4.65. The number of fused-ring (bicyclic) bond motifs is 2. The number of ether oxygens (including phenoxy) is 2. The van der Waals surface area contributed by atoms with Crippen LogP contribution in [-0.4, -0.2) is 40.3 Å². The molecule has 0 radical (unpaired) electrons. The maximum Gasteiger partial charge on any atom is 0.430 e. The van der Waals surface area contributed by atoms with Crippen LogP contribution >= 0.6 is 0 Å². The molecule has 1 aliphatic heterocycles. The molecule has 0 atom stereocenters. The van der Waals surface area contributed by atoms with Crippen LogP contribution in [0.1, 0.15) is 12.0 Å². The van der Waals surface area contributed by atoms with Gasteiger partial charge in [0.1, 0.15) is 27.9 Å². The van der Waals surface area contributed by atoms with Crippen molar-refractivity contribution in [1.29, 1.82) is 0 Å². The summed E-state index contributed by atoms with van der Waals surface area (Å²) in [6.45, 7) is 3.19. The second kappa shape index (κ2) is 10.2. The number of alkyl halides is 3. The van der Waals surface area contributed by atoms with Gasteiger partial charge in [-0.25, -0.2) is 13.4 Å². The number of nitrogens with one attached hydrogen (secondary N) is 2. The molecule has 2 N–H and O–H groups in total. The fourth-order valence-corrected chi connectivity index (χ4v) is 4.44. The van der Waals surface area contributed by atoms with Crippen molar-refractivity contribution in [2.24, 2.45) is 0 Å². The molecule has 7 nitrogen and oxygen atoms in total. The van der Waals surface area contributed by atoms with E-state index in [1.165, 1.54) is 13.1 Å². The molecule has 3 aromatic rings. The molecule has 4 rings (SSSR count). The Kier molecular flexibility index (Phi) is 7.55. The van der Waals surface area contributed by atoms with Crippen LogP contribution in [0.4, 0.5) is 19.0 Å². The molecule has 0 spiro atoms. The Morgan fingerprint density at radius 2 is 1.88 bits per heavy atom. The molecular weight excluding hydrogens is 471 g/mol. The monoisotopic (exact) mass is 495 g/mol. The lowest BCUT2D eigenvalue weighted by Crippen LogP contribution is -2.21. The zero-order valence-corrected chi connectivity index (χ0v) is 19.4. The highest BCUT2D eigenvalue weighted by Gasteiger charge is 2.30. The largest absolute Gasteiger partial charge is 0.496 e. The highest BCUT2D eigenvalue weighted by atomic mass is 32.2. The molecule has 0 amide bonds. The second-order valence-corrected chi connectivity index (χ2v) is 8.90. The average molecular weight is 496 g/mol. The zero-order chi connectivity index (χ0) is 24.9. The van der Waals surface area contributed by atoms with Gasteiger partial charge in [-0.3, -0.25) is 4.72 Å². The number of anilines is 1. The number of halogens is 3. The minimum Gasteiger partial charge on any atom is -0.496 e. The van der Waals surface area contributed by atoms with Crippen LogP contribution in [0.3, 0.4) is 0 Å². The van der Waals surface area contributed by atoms with E-state index in [9.17, 15) is 21.6 Å². The Bertz CT molecular complexity index is 1290. The van der Waals surface area contributed by atoms with Crippen molar-refractivity contribution >= 4 is 26.7 Å². The molecule has 0 bridgehead atoms. The number of nitrogens with zero attached hydrogens (tertiary/aromatic N) is 1. The van der Waals surface area contributed by atoms with E-state index in [0.29, 0.717) is 18.1 Å². The zero-order valence-electron chi connectivity index (χ0n) is 18.6.